The molecular formula is C9H20N2O2. The maximum absolute atomic E-state index is 11.2. The molecule has 0 bridgehead atoms. The number of hydrogen-bond acceptors (Lipinski definition) is 3. The zero-order valence-electron chi connectivity index (χ0n) is 8.47. The molecule has 13 heavy (non-hydrogen) atoms. The lowest BCUT2D eigenvalue weighted by Gasteiger charge is -2.22. The molecular weight excluding hydrogens is 168 g/mol. The lowest BCUT2D eigenvalue weighted by Crippen LogP contribution is -2.32. The molecule has 0 aliphatic carbocycles. The first kappa shape index (κ1) is 12.4. The van der Waals surface area contributed by atoms with E-state index in [1.165, 1.54) is 0 Å². The van der Waals surface area contributed by atoms with E-state index in [4.69, 9.17) is 10.8 Å². The molecule has 0 aliphatic heterocycles. The summed E-state index contributed by atoms with van der Waals surface area (Å²) in [7, 11) is 0. The number of nitrogens with one attached hydrogen (secondary N) is 1. The van der Waals surface area contributed by atoms with Gasteiger partial charge in [0.05, 0.1) is 0 Å². The summed E-state index contributed by atoms with van der Waals surface area (Å²) in [6.45, 7) is 5.04. The van der Waals surface area contributed by atoms with Gasteiger partial charge in [-0.1, -0.05) is 13.8 Å². The summed E-state index contributed by atoms with van der Waals surface area (Å²) in [5.74, 6) is 0.00361. The first-order valence-electron chi connectivity index (χ1n) is 4.59. The Morgan fingerprint density at radius 1 is 1.54 bits per heavy atom. The summed E-state index contributed by atoms with van der Waals surface area (Å²) < 4.78 is 0. The molecule has 0 aromatic rings. The van der Waals surface area contributed by atoms with Gasteiger partial charge in [0.25, 0.3) is 0 Å². The van der Waals surface area contributed by atoms with Crippen molar-refractivity contribution in [3.05, 3.63) is 0 Å². The SMILES string of the molecule is CC(C)(CCO)CC(=O)NCCN. The molecule has 0 atom stereocenters. The lowest BCUT2D eigenvalue weighted by molar-refractivity contribution is -0.123. The van der Waals surface area contributed by atoms with Crippen molar-refractivity contribution in [2.75, 3.05) is 19.7 Å². The molecule has 0 aliphatic rings. The van der Waals surface area contributed by atoms with Gasteiger partial charge in [-0.05, 0) is 11.8 Å². The average molecular weight is 188 g/mol. The smallest absolute Gasteiger partial charge is 0.220 e. The predicted octanol–water partition coefficient (Wildman–Crippen LogP) is -0.140. The van der Waals surface area contributed by atoms with Crippen molar-refractivity contribution < 1.29 is 9.90 Å². The number of aliphatic hydroxyl groups excluding tert-OH is 1. The van der Waals surface area contributed by atoms with E-state index in [1.807, 2.05) is 13.8 Å². The normalized spacial score (nSPS) is 11.4. The maximum Gasteiger partial charge on any atom is 0.220 e. The lowest BCUT2D eigenvalue weighted by atomic mass is 9.86. The fraction of sp³-hybridized carbons (Fsp3) is 0.889. The van der Waals surface area contributed by atoms with Crippen molar-refractivity contribution in [3.8, 4) is 0 Å². The number of aliphatic hydroxyl groups is 1. The first-order chi connectivity index (χ1) is 6.02. The number of hydrogen-bond donors (Lipinski definition) is 3. The number of rotatable bonds is 6. The van der Waals surface area contributed by atoms with E-state index in [1.54, 1.807) is 0 Å². The summed E-state index contributed by atoms with van der Waals surface area (Å²) in [5, 5.41) is 11.4. The summed E-state index contributed by atoms with van der Waals surface area (Å²) in [5.41, 5.74) is 5.11. The van der Waals surface area contributed by atoms with E-state index in [-0.39, 0.29) is 17.9 Å². The van der Waals surface area contributed by atoms with Gasteiger partial charge in [0.15, 0.2) is 0 Å². The van der Waals surface area contributed by atoms with Crippen LogP contribution in [0.1, 0.15) is 26.7 Å². The zero-order valence-corrected chi connectivity index (χ0v) is 8.47. The molecule has 4 N–H and O–H groups in total. The Morgan fingerprint density at radius 3 is 2.62 bits per heavy atom. The van der Waals surface area contributed by atoms with Crippen LogP contribution < -0.4 is 11.1 Å². The highest BCUT2D eigenvalue weighted by atomic mass is 16.3. The van der Waals surface area contributed by atoms with E-state index < -0.39 is 0 Å². The van der Waals surface area contributed by atoms with Crippen molar-refractivity contribution in [3.63, 3.8) is 0 Å². The molecule has 0 aromatic heterocycles. The Balaban J connectivity index is 3.75. The average Bonchev–Trinajstić information content (AvgIpc) is 1.99. The molecule has 0 saturated carbocycles. The van der Waals surface area contributed by atoms with E-state index >= 15 is 0 Å². The molecule has 4 heteroatoms. The quantitative estimate of drug-likeness (QED) is 0.543. The molecule has 78 valence electrons. The van der Waals surface area contributed by atoms with Crippen molar-refractivity contribution in [2.24, 2.45) is 11.1 Å². The van der Waals surface area contributed by atoms with Crippen LogP contribution in [-0.4, -0.2) is 30.7 Å². The minimum atomic E-state index is -0.132. The molecule has 0 radical (unpaired) electrons. The third-order valence-corrected chi connectivity index (χ3v) is 1.89. The number of nitrogens with two attached hydrogens (primary N) is 1. The number of carbonyl (C=O) groups is 1. The van der Waals surface area contributed by atoms with Crippen molar-refractivity contribution in [1.29, 1.82) is 0 Å². The standard InChI is InChI=1S/C9H20N2O2/c1-9(2,3-6-12)7-8(13)11-5-4-10/h12H,3-7,10H2,1-2H3,(H,11,13). The molecule has 0 aromatic carbocycles. The number of carbonyl (C=O) groups excluding carboxylic acids is 1. The Morgan fingerprint density at radius 2 is 2.15 bits per heavy atom. The third kappa shape index (κ3) is 6.54. The highest BCUT2D eigenvalue weighted by molar-refractivity contribution is 5.76. The molecule has 0 spiro atoms. The minimum Gasteiger partial charge on any atom is -0.396 e. The van der Waals surface area contributed by atoms with Crippen LogP contribution in [0.4, 0.5) is 0 Å². The summed E-state index contributed by atoms with van der Waals surface area (Å²) in [6.07, 6.45) is 1.08. The predicted molar refractivity (Wildman–Crippen MR) is 52.2 cm³/mol. The van der Waals surface area contributed by atoms with E-state index in [9.17, 15) is 4.79 Å². The Labute approximate surface area is 79.5 Å². The minimum absolute atomic E-state index is 0.00361. The van der Waals surface area contributed by atoms with Crippen LogP contribution in [0.5, 0.6) is 0 Å². The summed E-state index contributed by atoms with van der Waals surface area (Å²) in [6, 6.07) is 0. The van der Waals surface area contributed by atoms with Crippen molar-refractivity contribution >= 4 is 5.91 Å². The second kappa shape index (κ2) is 5.94. The zero-order chi connectivity index (χ0) is 10.3. The fourth-order valence-corrected chi connectivity index (χ4v) is 1.10. The first-order valence-corrected chi connectivity index (χ1v) is 4.59. The van der Waals surface area contributed by atoms with Gasteiger partial charge >= 0.3 is 0 Å². The fourth-order valence-electron chi connectivity index (χ4n) is 1.10. The van der Waals surface area contributed by atoms with Crippen LogP contribution in [0.15, 0.2) is 0 Å². The van der Waals surface area contributed by atoms with Gasteiger partial charge in [0, 0.05) is 26.1 Å². The molecule has 0 unspecified atom stereocenters. The topological polar surface area (TPSA) is 75.3 Å². The molecule has 0 rings (SSSR count). The van der Waals surface area contributed by atoms with Gasteiger partial charge in [0.1, 0.15) is 0 Å². The Kier molecular flexibility index (Phi) is 5.66. The van der Waals surface area contributed by atoms with E-state index in [0.29, 0.717) is 25.9 Å². The van der Waals surface area contributed by atoms with Crippen LogP contribution in [-0.2, 0) is 4.79 Å². The molecule has 0 heterocycles. The highest BCUT2D eigenvalue weighted by Crippen LogP contribution is 2.23. The van der Waals surface area contributed by atoms with E-state index in [2.05, 4.69) is 5.32 Å². The summed E-state index contributed by atoms with van der Waals surface area (Å²) in [4.78, 5) is 11.2. The van der Waals surface area contributed by atoms with Gasteiger partial charge in [-0.15, -0.1) is 0 Å². The number of amides is 1. The summed E-state index contributed by atoms with van der Waals surface area (Å²) >= 11 is 0. The monoisotopic (exact) mass is 188 g/mol. The molecule has 0 fully saturated rings. The molecule has 1 amide bonds. The van der Waals surface area contributed by atoms with Crippen molar-refractivity contribution in [1.82, 2.24) is 5.32 Å². The maximum atomic E-state index is 11.2. The second-order valence-corrected chi connectivity index (χ2v) is 3.95. The highest BCUT2D eigenvalue weighted by Gasteiger charge is 2.20. The van der Waals surface area contributed by atoms with Crippen LogP contribution >= 0.6 is 0 Å². The Bertz CT molecular complexity index is 158. The van der Waals surface area contributed by atoms with Gasteiger partial charge in [-0.2, -0.15) is 0 Å². The van der Waals surface area contributed by atoms with Crippen LogP contribution in [0.2, 0.25) is 0 Å². The van der Waals surface area contributed by atoms with Gasteiger partial charge in [-0.25, -0.2) is 0 Å². The van der Waals surface area contributed by atoms with Crippen LogP contribution in [0.3, 0.4) is 0 Å². The third-order valence-electron chi connectivity index (χ3n) is 1.89. The van der Waals surface area contributed by atoms with Gasteiger partial charge in [0.2, 0.25) is 5.91 Å². The Hall–Kier alpha value is -0.610. The largest absolute Gasteiger partial charge is 0.396 e. The van der Waals surface area contributed by atoms with Gasteiger partial charge in [-0.3, -0.25) is 4.79 Å². The van der Waals surface area contributed by atoms with Gasteiger partial charge < -0.3 is 16.2 Å². The van der Waals surface area contributed by atoms with Crippen LogP contribution in [0.25, 0.3) is 0 Å². The molecule has 0 saturated heterocycles. The van der Waals surface area contributed by atoms with Crippen molar-refractivity contribution in [2.45, 2.75) is 26.7 Å². The second-order valence-electron chi connectivity index (χ2n) is 3.95. The van der Waals surface area contributed by atoms with Crippen LogP contribution in [0, 0.1) is 5.41 Å². The van der Waals surface area contributed by atoms with E-state index in [0.717, 1.165) is 0 Å². The molecule has 4 nitrogen and oxygen atoms in total.